The third-order valence-corrected chi connectivity index (χ3v) is 5.05. The van der Waals surface area contributed by atoms with Crippen LogP contribution < -0.4 is 0 Å². The van der Waals surface area contributed by atoms with Crippen LogP contribution in [-0.4, -0.2) is 39.9 Å². The van der Waals surface area contributed by atoms with E-state index in [-0.39, 0.29) is 23.2 Å². The lowest BCUT2D eigenvalue weighted by molar-refractivity contribution is 0.0631. The molecule has 1 aromatic carbocycles. The molecule has 1 aromatic heterocycles. The van der Waals surface area contributed by atoms with Crippen LogP contribution in [0.25, 0.3) is 0 Å². The molecule has 25 heavy (non-hydrogen) atoms. The summed E-state index contributed by atoms with van der Waals surface area (Å²) < 4.78 is 13.9. The number of amides is 1. The van der Waals surface area contributed by atoms with Crippen molar-refractivity contribution in [3.05, 3.63) is 53.1 Å². The molecule has 1 amide bonds. The van der Waals surface area contributed by atoms with Gasteiger partial charge in [-0.3, -0.25) is 14.7 Å². The van der Waals surface area contributed by atoms with Crippen molar-refractivity contribution in [3.63, 3.8) is 0 Å². The Bertz CT molecular complexity index is 813. The Morgan fingerprint density at radius 2 is 2.00 bits per heavy atom. The molecule has 0 unspecified atom stereocenters. The summed E-state index contributed by atoms with van der Waals surface area (Å²) in [6.45, 7) is 0.920. The number of carbonyl (C=O) groups excluding carboxylic acids is 2. The number of benzene rings is 1. The lowest BCUT2D eigenvalue weighted by Crippen LogP contribution is -2.42. The van der Waals surface area contributed by atoms with E-state index in [1.807, 2.05) is 6.07 Å². The molecule has 1 aliphatic heterocycles. The van der Waals surface area contributed by atoms with Crippen LogP contribution in [0.2, 0.25) is 0 Å². The molecular formula is C19H20FN3O2. The zero-order valence-corrected chi connectivity index (χ0v) is 13.9. The molecule has 2 heterocycles. The first-order chi connectivity index (χ1) is 12.1. The second kappa shape index (κ2) is 6.43. The Labute approximate surface area is 145 Å². The van der Waals surface area contributed by atoms with Gasteiger partial charge in [0.05, 0.1) is 5.56 Å². The number of nitrogens with zero attached hydrogens (tertiary/aromatic N) is 2. The van der Waals surface area contributed by atoms with Gasteiger partial charge in [0, 0.05) is 30.6 Å². The highest BCUT2D eigenvalue weighted by molar-refractivity contribution is 5.99. The molecule has 1 saturated carbocycles. The van der Waals surface area contributed by atoms with Crippen molar-refractivity contribution in [3.8, 4) is 0 Å². The van der Waals surface area contributed by atoms with Gasteiger partial charge in [-0.15, -0.1) is 0 Å². The molecule has 4 rings (SSSR count). The molecule has 0 spiro atoms. The van der Waals surface area contributed by atoms with Crippen LogP contribution >= 0.6 is 0 Å². The highest BCUT2D eigenvalue weighted by Gasteiger charge is 2.32. The summed E-state index contributed by atoms with van der Waals surface area (Å²) in [5.74, 6) is -0.745. The molecule has 2 aromatic rings. The second-order valence-electron chi connectivity index (χ2n) is 6.92. The van der Waals surface area contributed by atoms with E-state index in [9.17, 15) is 14.0 Å². The Hall–Kier alpha value is -2.50. The number of carbonyl (C=O) groups is 2. The maximum absolute atomic E-state index is 13.9. The van der Waals surface area contributed by atoms with Gasteiger partial charge in [-0.05, 0) is 43.9 Å². The molecule has 2 aliphatic rings. The lowest BCUT2D eigenvalue weighted by Gasteiger charge is -2.31. The summed E-state index contributed by atoms with van der Waals surface area (Å²) in [5, 5.41) is 7.07. The number of H-pyrrole nitrogens is 1. The Kier molecular flexibility index (Phi) is 4.11. The van der Waals surface area contributed by atoms with Gasteiger partial charge in [0.2, 0.25) is 0 Å². The fourth-order valence-electron chi connectivity index (χ4n) is 3.47. The van der Waals surface area contributed by atoms with Crippen LogP contribution in [0.15, 0.2) is 30.3 Å². The SMILES string of the molecule is O=C(c1ccccc1F)[C@H]1CCCN(C(=O)c2cc(C3CC3)[nH]n2)C1. The molecule has 1 saturated heterocycles. The summed E-state index contributed by atoms with van der Waals surface area (Å²) in [5.41, 5.74) is 1.53. The number of rotatable bonds is 4. The summed E-state index contributed by atoms with van der Waals surface area (Å²) in [4.78, 5) is 27.0. The largest absolute Gasteiger partial charge is 0.337 e. The highest BCUT2D eigenvalue weighted by Crippen LogP contribution is 2.39. The van der Waals surface area contributed by atoms with Crippen LogP contribution in [0, 0.1) is 11.7 Å². The highest BCUT2D eigenvalue weighted by atomic mass is 19.1. The summed E-state index contributed by atoms with van der Waals surface area (Å²) in [6, 6.07) is 7.85. The topological polar surface area (TPSA) is 66.1 Å². The standard InChI is InChI=1S/C19H20FN3O2/c20-15-6-2-1-5-14(15)18(24)13-4-3-9-23(11-13)19(25)17-10-16(21-22-17)12-7-8-12/h1-2,5-6,10,12-13H,3-4,7-9,11H2,(H,21,22)/t13-/m0/s1. The van der Waals surface area contributed by atoms with E-state index in [1.54, 1.807) is 17.0 Å². The van der Waals surface area contributed by atoms with Gasteiger partial charge in [0.15, 0.2) is 5.78 Å². The number of likely N-dealkylation sites (tertiary alicyclic amines) is 1. The molecule has 0 bridgehead atoms. The van der Waals surface area contributed by atoms with Crippen molar-refractivity contribution >= 4 is 11.7 Å². The third-order valence-electron chi connectivity index (χ3n) is 5.05. The van der Waals surface area contributed by atoms with Crippen molar-refractivity contribution < 1.29 is 14.0 Å². The van der Waals surface area contributed by atoms with E-state index < -0.39 is 5.82 Å². The first-order valence-electron chi connectivity index (χ1n) is 8.77. The first-order valence-corrected chi connectivity index (χ1v) is 8.77. The van der Waals surface area contributed by atoms with E-state index >= 15 is 0 Å². The smallest absolute Gasteiger partial charge is 0.274 e. The molecule has 2 fully saturated rings. The number of aromatic nitrogens is 2. The number of nitrogens with one attached hydrogen (secondary N) is 1. The van der Waals surface area contributed by atoms with Crippen LogP contribution in [0.5, 0.6) is 0 Å². The van der Waals surface area contributed by atoms with Gasteiger partial charge in [-0.25, -0.2) is 4.39 Å². The number of halogens is 1. The van der Waals surface area contributed by atoms with Crippen molar-refractivity contribution in [1.29, 1.82) is 0 Å². The van der Waals surface area contributed by atoms with E-state index in [2.05, 4.69) is 10.2 Å². The minimum Gasteiger partial charge on any atom is -0.337 e. The van der Waals surface area contributed by atoms with E-state index in [0.29, 0.717) is 31.1 Å². The van der Waals surface area contributed by atoms with Crippen molar-refractivity contribution in [2.75, 3.05) is 13.1 Å². The van der Waals surface area contributed by atoms with Gasteiger partial charge in [0.25, 0.3) is 5.91 Å². The Balaban J connectivity index is 1.47. The van der Waals surface area contributed by atoms with Crippen LogP contribution in [-0.2, 0) is 0 Å². The minimum atomic E-state index is -0.502. The van der Waals surface area contributed by atoms with E-state index in [0.717, 1.165) is 25.0 Å². The monoisotopic (exact) mass is 341 g/mol. The molecule has 5 nitrogen and oxygen atoms in total. The predicted octanol–water partition coefficient (Wildman–Crippen LogP) is 3.16. The average Bonchev–Trinajstić information content (AvgIpc) is 3.38. The molecule has 6 heteroatoms. The molecule has 1 atom stereocenters. The van der Waals surface area contributed by atoms with Crippen LogP contribution in [0.4, 0.5) is 4.39 Å². The number of piperidine rings is 1. The van der Waals surface area contributed by atoms with Gasteiger partial charge < -0.3 is 4.90 Å². The van der Waals surface area contributed by atoms with Crippen LogP contribution in [0.3, 0.4) is 0 Å². The van der Waals surface area contributed by atoms with Crippen LogP contribution in [0.1, 0.15) is 58.1 Å². The van der Waals surface area contributed by atoms with Crippen molar-refractivity contribution in [2.45, 2.75) is 31.6 Å². The number of hydrogen-bond donors (Lipinski definition) is 1. The maximum atomic E-state index is 13.9. The molecule has 130 valence electrons. The van der Waals surface area contributed by atoms with Gasteiger partial charge in [0.1, 0.15) is 11.5 Å². The third kappa shape index (κ3) is 3.21. The summed E-state index contributed by atoms with van der Waals surface area (Å²) >= 11 is 0. The zero-order valence-electron chi connectivity index (χ0n) is 13.9. The predicted molar refractivity (Wildman–Crippen MR) is 89.9 cm³/mol. The quantitative estimate of drug-likeness (QED) is 0.869. The van der Waals surface area contributed by atoms with Crippen molar-refractivity contribution in [1.82, 2.24) is 15.1 Å². The fraction of sp³-hybridized carbons (Fsp3) is 0.421. The lowest BCUT2D eigenvalue weighted by atomic mass is 9.89. The molecule has 0 radical (unpaired) electrons. The van der Waals surface area contributed by atoms with Gasteiger partial charge >= 0.3 is 0 Å². The minimum absolute atomic E-state index is 0.109. The van der Waals surface area contributed by atoms with E-state index in [1.165, 1.54) is 12.1 Å². The summed E-state index contributed by atoms with van der Waals surface area (Å²) in [7, 11) is 0. The summed E-state index contributed by atoms with van der Waals surface area (Å²) in [6.07, 6.45) is 3.68. The van der Waals surface area contributed by atoms with E-state index in [4.69, 9.17) is 0 Å². The number of ketones is 1. The molecule has 1 N–H and O–H groups in total. The number of aromatic amines is 1. The number of Topliss-reactive ketones (excluding diaryl/α,β-unsaturated/α-hetero) is 1. The van der Waals surface area contributed by atoms with Crippen molar-refractivity contribution in [2.24, 2.45) is 5.92 Å². The number of hydrogen-bond acceptors (Lipinski definition) is 3. The first kappa shape index (κ1) is 16.0. The fourth-order valence-corrected chi connectivity index (χ4v) is 3.47. The van der Waals surface area contributed by atoms with Gasteiger partial charge in [-0.1, -0.05) is 12.1 Å². The molecular weight excluding hydrogens is 321 g/mol. The Morgan fingerprint density at radius 3 is 2.76 bits per heavy atom. The second-order valence-corrected chi connectivity index (χ2v) is 6.92. The molecule has 1 aliphatic carbocycles. The maximum Gasteiger partial charge on any atom is 0.274 e. The Morgan fingerprint density at radius 1 is 1.20 bits per heavy atom. The van der Waals surface area contributed by atoms with Gasteiger partial charge in [-0.2, -0.15) is 5.10 Å². The average molecular weight is 341 g/mol. The zero-order chi connectivity index (χ0) is 17.4. The normalized spacial score (nSPS) is 20.5.